The van der Waals surface area contributed by atoms with E-state index in [0.29, 0.717) is 45.6 Å². The number of amides is 2. The van der Waals surface area contributed by atoms with Crippen molar-refractivity contribution in [1.29, 1.82) is 0 Å². The second-order valence-electron chi connectivity index (χ2n) is 8.17. The molecule has 0 atom stereocenters. The SMILES string of the molecule is CCCCOC(=O)c1ccc(NC(=O)CCCN2C(=O)/C(=C/c3ccc(C(=O)OC)cc3)SC2=S)cc1. The molecule has 1 aliphatic heterocycles. The molecule has 1 aliphatic rings. The van der Waals surface area contributed by atoms with Crippen LogP contribution in [0.25, 0.3) is 6.08 Å². The van der Waals surface area contributed by atoms with Gasteiger partial charge in [0, 0.05) is 18.7 Å². The van der Waals surface area contributed by atoms with Crippen molar-refractivity contribution < 1.29 is 28.7 Å². The van der Waals surface area contributed by atoms with Crippen molar-refractivity contribution in [3.63, 3.8) is 0 Å². The van der Waals surface area contributed by atoms with Gasteiger partial charge in [-0.1, -0.05) is 49.5 Å². The summed E-state index contributed by atoms with van der Waals surface area (Å²) >= 11 is 6.56. The summed E-state index contributed by atoms with van der Waals surface area (Å²) in [4.78, 5) is 50.7. The number of carbonyl (C=O) groups is 4. The number of methoxy groups -OCH3 is 1. The number of thiocarbonyl (C=S) groups is 1. The highest BCUT2D eigenvalue weighted by Gasteiger charge is 2.31. The first-order valence-corrected chi connectivity index (χ1v) is 13.1. The molecule has 0 aromatic heterocycles. The zero-order valence-electron chi connectivity index (χ0n) is 20.7. The van der Waals surface area contributed by atoms with Crippen LogP contribution < -0.4 is 5.32 Å². The summed E-state index contributed by atoms with van der Waals surface area (Å²) in [5.41, 5.74) is 2.18. The maximum atomic E-state index is 12.8. The maximum Gasteiger partial charge on any atom is 0.338 e. The second kappa shape index (κ2) is 13.7. The molecule has 2 aromatic carbocycles. The molecule has 1 heterocycles. The lowest BCUT2D eigenvalue weighted by molar-refractivity contribution is -0.122. The number of hydrogen-bond acceptors (Lipinski definition) is 8. The summed E-state index contributed by atoms with van der Waals surface area (Å²) in [5, 5.41) is 2.79. The predicted octanol–water partition coefficient (Wildman–Crippen LogP) is 5.05. The third-order valence-corrected chi connectivity index (χ3v) is 6.80. The Morgan fingerprint density at radius 3 is 2.30 bits per heavy atom. The third kappa shape index (κ3) is 7.99. The third-order valence-electron chi connectivity index (χ3n) is 5.42. The van der Waals surface area contributed by atoms with Crippen LogP contribution in [0.5, 0.6) is 0 Å². The van der Waals surface area contributed by atoms with Crippen LogP contribution in [0.15, 0.2) is 53.4 Å². The number of hydrogen-bond donors (Lipinski definition) is 1. The number of thioether (sulfide) groups is 1. The van der Waals surface area contributed by atoms with E-state index in [1.807, 2.05) is 6.92 Å². The Morgan fingerprint density at radius 2 is 1.65 bits per heavy atom. The van der Waals surface area contributed by atoms with Gasteiger partial charge in [0.15, 0.2) is 0 Å². The summed E-state index contributed by atoms with van der Waals surface area (Å²) in [5.74, 6) is -1.23. The molecule has 37 heavy (non-hydrogen) atoms. The Bertz CT molecular complexity index is 1190. The molecule has 0 saturated carbocycles. The number of unbranched alkanes of at least 4 members (excludes halogenated alkanes) is 1. The van der Waals surface area contributed by atoms with Crippen LogP contribution >= 0.6 is 24.0 Å². The van der Waals surface area contributed by atoms with Gasteiger partial charge < -0.3 is 14.8 Å². The molecule has 194 valence electrons. The molecule has 1 N–H and O–H groups in total. The van der Waals surface area contributed by atoms with E-state index in [9.17, 15) is 19.2 Å². The van der Waals surface area contributed by atoms with Crippen molar-refractivity contribution in [2.24, 2.45) is 0 Å². The Hall–Kier alpha value is -3.50. The van der Waals surface area contributed by atoms with Crippen LogP contribution in [-0.2, 0) is 19.1 Å². The van der Waals surface area contributed by atoms with Crippen molar-refractivity contribution in [2.45, 2.75) is 32.6 Å². The Kier molecular flexibility index (Phi) is 10.4. The monoisotopic (exact) mass is 540 g/mol. The highest BCUT2D eigenvalue weighted by molar-refractivity contribution is 8.26. The number of ether oxygens (including phenoxy) is 2. The van der Waals surface area contributed by atoms with Gasteiger partial charge in [-0.05, 0) is 60.9 Å². The van der Waals surface area contributed by atoms with Crippen molar-refractivity contribution in [2.75, 3.05) is 25.6 Å². The normalized spacial score (nSPS) is 14.1. The number of benzene rings is 2. The maximum absolute atomic E-state index is 12.8. The zero-order chi connectivity index (χ0) is 26.8. The first kappa shape index (κ1) is 28.1. The second-order valence-corrected chi connectivity index (χ2v) is 9.84. The van der Waals surface area contributed by atoms with Gasteiger partial charge in [0.2, 0.25) is 5.91 Å². The van der Waals surface area contributed by atoms with Gasteiger partial charge in [-0.3, -0.25) is 14.5 Å². The fourth-order valence-electron chi connectivity index (χ4n) is 3.38. The molecule has 10 heteroatoms. The molecule has 1 fully saturated rings. The molecule has 2 aromatic rings. The molecule has 1 saturated heterocycles. The molecule has 0 unspecified atom stereocenters. The highest BCUT2D eigenvalue weighted by Crippen LogP contribution is 2.32. The zero-order valence-corrected chi connectivity index (χ0v) is 22.3. The standard InChI is InChI=1S/C27H28N2O6S2/c1-3-4-16-35-26(33)20-11-13-21(14-12-20)28-23(30)6-5-15-29-24(31)22(37-27(29)36)17-18-7-9-19(10-8-18)25(32)34-2/h7-14,17H,3-6,15-16H2,1-2H3,(H,28,30)/b22-17-. The van der Waals surface area contributed by atoms with Crippen molar-refractivity contribution >= 4 is 63.8 Å². The lowest BCUT2D eigenvalue weighted by atomic mass is 10.1. The average molecular weight is 541 g/mol. The van der Waals surface area contributed by atoms with Gasteiger partial charge in [0.05, 0.1) is 29.7 Å². The smallest absolute Gasteiger partial charge is 0.338 e. The molecule has 0 aliphatic carbocycles. The topological polar surface area (TPSA) is 102 Å². The van der Waals surface area contributed by atoms with Crippen LogP contribution in [0.2, 0.25) is 0 Å². The summed E-state index contributed by atoms with van der Waals surface area (Å²) in [7, 11) is 1.32. The van der Waals surface area contributed by atoms with Gasteiger partial charge >= 0.3 is 11.9 Å². The Labute approximate surface area is 225 Å². The molecule has 3 rings (SSSR count). The van der Waals surface area contributed by atoms with Crippen LogP contribution in [0.1, 0.15) is 58.9 Å². The van der Waals surface area contributed by atoms with Gasteiger partial charge in [-0.15, -0.1) is 0 Å². The van der Waals surface area contributed by atoms with Gasteiger partial charge in [0.25, 0.3) is 5.91 Å². The van der Waals surface area contributed by atoms with E-state index < -0.39 is 5.97 Å². The molecule has 2 amide bonds. The van der Waals surface area contributed by atoms with Gasteiger partial charge in [-0.25, -0.2) is 9.59 Å². The first-order valence-electron chi connectivity index (χ1n) is 11.8. The number of carbonyl (C=O) groups excluding carboxylic acids is 4. The number of esters is 2. The minimum atomic E-state index is -0.429. The van der Waals surface area contributed by atoms with Crippen molar-refractivity contribution in [3.8, 4) is 0 Å². The lowest BCUT2D eigenvalue weighted by Gasteiger charge is -2.14. The van der Waals surface area contributed by atoms with E-state index in [-0.39, 0.29) is 24.2 Å². The van der Waals surface area contributed by atoms with Crippen LogP contribution in [-0.4, -0.2) is 53.2 Å². The quantitative estimate of drug-likeness (QED) is 0.183. The van der Waals surface area contributed by atoms with Crippen molar-refractivity contribution in [1.82, 2.24) is 4.90 Å². The highest BCUT2D eigenvalue weighted by atomic mass is 32.2. The number of rotatable bonds is 11. The van der Waals surface area contributed by atoms with E-state index in [1.165, 1.54) is 23.8 Å². The lowest BCUT2D eigenvalue weighted by Crippen LogP contribution is -2.29. The molecule has 0 radical (unpaired) electrons. The molecular formula is C27H28N2O6S2. The number of nitrogens with one attached hydrogen (secondary N) is 1. The summed E-state index contributed by atoms with van der Waals surface area (Å²) in [6.45, 7) is 2.72. The van der Waals surface area contributed by atoms with Crippen LogP contribution in [0.4, 0.5) is 5.69 Å². The molecular weight excluding hydrogens is 512 g/mol. The summed E-state index contributed by atoms with van der Waals surface area (Å²) in [6.07, 6.45) is 4.11. The Morgan fingerprint density at radius 1 is 1.00 bits per heavy atom. The fraction of sp³-hybridized carbons (Fsp3) is 0.296. The van der Waals surface area contributed by atoms with E-state index in [1.54, 1.807) is 54.6 Å². The largest absolute Gasteiger partial charge is 0.465 e. The fourth-order valence-corrected chi connectivity index (χ4v) is 4.69. The first-order chi connectivity index (χ1) is 17.8. The molecule has 8 nitrogen and oxygen atoms in total. The predicted molar refractivity (Wildman–Crippen MR) is 147 cm³/mol. The minimum Gasteiger partial charge on any atom is -0.465 e. The van der Waals surface area contributed by atoms with E-state index in [2.05, 4.69) is 10.1 Å². The van der Waals surface area contributed by atoms with Crippen LogP contribution in [0, 0.1) is 0 Å². The molecule has 0 bridgehead atoms. The van der Waals surface area contributed by atoms with Gasteiger partial charge in [0.1, 0.15) is 4.32 Å². The minimum absolute atomic E-state index is 0.200. The summed E-state index contributed by atoms with van der Waals surface area (Å²) < 4.78 is 10.3. The number of anilines is 1. The van der Waals surface area contributed by atoms with Crippen LogP contribution in [0.3, 0.4) is 0 Å². The van der Waals surface area contributed by atoms with E-state index in [0.717, 1.165) is 18.4 Å². The average Bonchev–Trinajstić information content (AvgIpc) is 3.16. The van der Waals surface area contributed by atoms with Gasteiger partial charge in [-0.2, -0.15) is 0 Å². The summed E-state index contributed by atoms with van der Waals surface area (Å²) in [6, 6.07) is 13.2. The Balaban J connectivity index is 1.47. The van der Waals surface area contributed by atoms with E-state index >= 15 is 0 Å². The van der Waals surface area contributed by atoms with E-state index in [4.69, 9.17) is 17.0 Å². The van der Waals surface area contributed by atoms with Crippen molar-refractivity contribution in [3.05, 3.63) is 70.1 Å². The number of nitrogens with zero attached hydrogens (tertiary/aromatic N) is 1. The molecule has 0 spiro atoms.